The highest BCUT2D eigenvalue weighted by Gasteiger charge is 2.35. The van der Waals surface area contributed by atoms with Crippen LogP contribution in [0.2, 0.25) is 0 Å². The van der Waals surface area contributed by atoms with Gasteiger partial charge in [-0.1, -0.05) is 0 Å². The minimum Gasteiger partial charge on any atom is -0.494 e. The molecular formula is C22H20N2O6S. The summed E-state index contributed by atoms with van der Waals surface area (Å²) in [5, 5.41) is 2.58. The van der Waals surface area contributed by atoms with Crippen molar-refractivity contribution < 1.29 is 28.5 Å². The standard InChI is InChI=1S/C22H20N2O6S/c1-3-27-15-7-5-14(6-8-15)24-21(26)16(20(25)23-22(24)31)9-13-10-18-19(30-12-29-18)11-17(13)28-4-2/h5-11H,3-4,12H2,1-2H3,(H,23,25,31)/b16-9-. The smallest absolute Gasteiger partial charge is 0.270 e. The van der Waals surface area contributed by atoms with Crippen molar-refractivity contribution in [1.29, 1.82) is 0 Å². The molecule has 31 heavy (non-hydrogen) atoms. The van der Waals surface area contributed by atoms with Crippen LogP contribution in [0.3, 0.4) is 0 Å². The summed E-state index contributed by atoms with van der Waals surface area (Å²) in [6.45, 7) is 4.75. The van der Waals surface area contributed by atoms with Crippen LogP contribution in [0, 0.1) is 0 Å². The number of nitrogens with one attached hydrogen (secondary N) is 1. The normalized spacial score (nSPS) is 16.5. The molecule has 1 N–H and O–H groups in total. The Kier molecular flexibility index (Phi) is 5.77. The van der Waals surface area contributed by atoms with E-state index in [1.165, 1.54) is 11.0 Å². The first-order valence-corrected chi connectivity index (χ1v) is 10.1. The molecule has 0 atom stereocenters. The summed E-state index contributed by atoms with van der Waals surface area (Å²) in [7, 11) is 0. The maximum Gasteiger partial charge on any atom is 0.270 e. The predicted molar refractivity (Wildman–Crippen MR) is 118 cm³/mol. The Labute approximate surface area is 184 Å². The lowest BCUT2D eigenvalue weighted by Gasteiger charge is -2.29. The second kappa shape index (κ2) is 8.65. The van der Waals surface area contributed by atoms with Gasteiger partial charge in [0.15, 0.2) is 16.6 Å². The largest absolute Gasteiger partial charge is 0.494 e. The van der Waals surface area contributed by atoms with E-state index in [1.54, 1.807) is 36.4 Å². The van der Waals surface area contributed by atoms with E-state index >= 15 is 0 Å². The van der Waals surface area contributed by atoms with E-state index in [2.05, 4.69) is 5.32 Å². The van der Waals surface area contributed by atoms with Crippen LogP contribution in [0.5, 0.6) is 23.0 Å². The molecule has 4 rings (SSSR count). The lowest BCUT2D eigenvalue weighted by atomic mass is 10.1. The number of fused-ring (bicyclic) bond motifs is 1. The van der Waals surface area contributed by atoms with E-state index in [0.717, 1.165) is 0 Å². The van der Waals surface area contributed by atoms with Gasteiger partial charge in [-0.15, -0.1) is 0 Å². The maximum absolute atomic E-state index is 13.2. The molecule has 1 saturated heterocycles. The van der Waals surface area contributed by atoms with Crippen LogP contribution >= 0.6 is 12.2 Å². The highest BCUT2D eigenvalue weighted by Crippen LogP contribution is 2.39. The van der Waals surface area contributed by atoms with E-state index < -0.39 is 11.8 Å². The van der Waals surface area contributed by atoms with E-state index in [-0.39, 0.29) is 17.5 Å². The van der Waals surface area contributed by atoms with Gasteiger partial charge in [0.2, 0.25) is 6.79 Å². The zero-order valence-corrected chi connectivity index (χ0v) is 17.8. The monoisotopic (exact) mass is 440 g/mol. The second-order valence-electron chi connectivity index (χ2n) is 6.56. The van der Waals surface area contributed by atoms with E-state index in [1.807, 2.05) is 13.8 Å². The molecule has 0 aromatic heterocycles. The molecule has 0 unspecified atom stereocenters. The van der Waals surface area contributed by atoms with Gasteiger partial charge in [-0.05, 0) is 62.5 Å². The van der Waals surface area contributed by atoms with E-state index in [4.69, 9.17) is 31.2 Å². The molecule has 1 fully saturated rings. The summed E-state index contributed by atoms with van der Waals surface area (Å²) in [4.78, 5) is 27.1. The van der Waals surface area contributed by atoms with Crippen molar-refractivity contribution in [2.45, 2.75) is 13.8 Å². The molecule has 0 radical (unpaired) electrons. The topological polar surface area (TPSA) is 86.3 Å². The number of ether oxygens (including phenoxy) is 4. The van der Waals surface area contributed by atoms with Crippen molar-refractivity contribution in [3.8, 4) is 23.0 Å². The second-order valence-corrected chi connectivity index (χ2v) is 6.95. The molecule has 2 aliphatic rings. The van der Waals surface area contributed by atoms with Crippen molar-refractivity contribution in [2.75, 3.05) is 24.9 Å². The number of rotatable bonds is 6. The first-order chi connectivity index (χ1) is 15.0. The number of amides is 2. The van der Waals surface area contributed by atoms with Crippen LogP contribution in [-0.2, 0) is 9.59 Å². The van der Waals surface area contributed by atoms with Gasteiger partial charge in [-0.25, -0.2) is 0 Å². The van der Waals surface area contributed by atoms with Gasteiger partial charge < -0.3 is 18.9 Å². The molecular weight excluding hydrogens is 420 g/mol. The van der Waals surface area contributed by atoms with Gasteiger partial charge in [-0.3, -0.25) is 19.8 Å². The van der Waals surface area contributed by atoms with Crippen molar-refractivity contribution in [1.82, 2.24) is 5.32 Å². The first-order valence-electron chi connectivity index (χ1n) is 9.72. The van der Waals surface area contributed by atoms with Crippen LogP contribution in [0.15, 0.2) is 42.0 Å². The van der Waals surface area contributed by atoms with Crippen LogP contribution in [0.1, 0.15) is 19.4 Å². The van der Waals surface area contributed by atoms with Crippen LogP contribution in [0.4, 0.5) is 5.69 Å². The lowest BCUT2D eigenvalue weighted by Crippen LogP contribution is -2.54. The summed E-state index contributed by atoms with van der Waals surface area (Å²) in [5.74, 6) is 1.07. The van der Waals surface area contributed by atoms with Crippen LogP contribution in [0.25, 0.3) is 6.08 Å². The summed E-state index contributed by atoms with van der Waals surface area (Å²) in [5.41, 5.74) is 0.950. The molecule has 0 bridgehead atoms. The summed E-state index contributed by atoms with van der Waals surface area (Å²) < 4.78 is 21.9. The summed E-state index contributed by atoms with van der Waals surface area (Å²) in [6, 6.07) is 10.2. The average Bonchev–Trinajstić information content (AvgIpc) is 3.20. The number of hydrogen-bond donors (Lipinski definition) is 1. The predicted octanol–water partition coefficient (Wildman–Crippen LogP) is 3.04. The fraction of sp³-hybridized carbons (Fsp3) is 0.227. The quantitative estimate of drug-likeness (QED) is 0.420. The van der Waals surface area contributed by atoms with Gasteiger partial charge >= 0.3 is 0 Å². The van der Waals surface area contributed by atoms with Crippen molar-refractivity contribution in [2.24, 2.45) is 0 Å². The molecule has 0 spiro atoms. The minimum absolute atomic E-state index is 0.00651. The molecule has 160 valence electrons. The Bertz CT molecular complexity index is 1080. The molecule has 2 amide bonds. The van der Waals surface area contributed by atoms with Gasteiger partial charge in [0.05, 0.1) is 18.9 Å². The number of thiocarbonyl (C=S) groups is 1. The number of carbonyl (C=O) groups is 2. The van der Waals surface area contributed by atoms with Crippen LogP contribution in [-0.4, -0.2) is 36.9 Å². The molecule has 2 aromatic rings. The highest BCUT2D eigenvalue weighted by atomic mass is 32.1. The molecule has 0 saturated carbocycles. The highest BCUT2D eigenvalue weighted by molar-refractivity contribution is 7.80. The van der Waals surface area contributed by atoms with Gasteiger partial charge in [-0.2, -0.15) is 0 Å². The fourth-order valence-electron chi connectivity index (χ4n) is 3.24. The summed E-state index contributed by atoms with van der Waals surface area (Å²) in [6.07, 6.45) is 1.47. The third-order valence-electron chi connectivity index (χ3n) is 4.61. The molecule has 8 nitrogen and oxygen atoms in total. The van der Waals surface area contributed by atoms with Crippen LogP contribution < -0.4 is 29.2 Å². The maximum atomic E-state index is 13.2. The molecule has 2 aromatic carbocycles. The molecule has 9 heteroatoms. The number of anilines is 1. The molecule has 0 aliphatic carbocycles. The summed E-state index contributed by atoms with van der Waals surface area (Å²) >= 11 is 5.25. The SMILES string of the molecule is CCOc1ccc(N2C(=O)/C(=C\c3cc4c(cc3OCC)OCO4)C(=O)NC2=S)cc1. The zero-order valence-electron chi connectivity index (χ0n) is 17.0. The van der Waals surface area contributed by atoms with Crippen molar-refractivity contribution in [3.05, 3.63) is 47.5 Å². The van der Waals surface area contributed by atoms with Crippen molar-refractivity contribution >= 4 is 40.9 Å². The third-order valence-corrected chi connectivity index (χ3v) is 4.90. The Morgan fingerprint density at radius 2 is 1.74 bits per heavy atom. The van der Waals surface area contributed by atoms with Gasteiger partial charge in [0.1, 0.15) is 17.1 Å². The van der Waals surface area contributed by atoms with E-state index in [0.29, 0.717) is 47.5 Å². The Hall–Kier alpha value is -3.59. The molecule has 2 aliphatic heterocycles. The number of carbonyl (C=O) groups excluding carboxylic acids is 2. The fourth-order valence-corrected chi connectivity index (χ4v) is 3.52. The Morgan fingerprint density at radius 1 is 1.06 bits per heavy atom. The zero-order chi connectivity index (χ0) is 22.0. The minimum atomic E-state index is -0.586. The number of hydrogen-bond acceptors (Lipinski definition) is 7. The van der Waals surface area contributed by atoms with Gasteiger partial charge in [0.25, 0.3) is 11.8 Å². The third kappa shape index (κ3) is 4.04. The Balaban J connectivity index is 1.71. The van der Waals surface area contributed by atoms with Crippen molar-refractivity contribution in [3.63, 3.8) is 0 Å². The van der Waals surface area contributed by atoms with E-state index in [9.17, 15) is 9.59 Å². The first kappa shape index (κ1) is 20.7. The Morgan fingerprint density at radius 3 is 2.42 bits per heavy atom. The number of benzene rings is 2. The average molecular weight is 440 g/mol. The van der Waals surface area contributed by atoms with Gasteiger partial charge in [0, 0.05) is 11.6 Å². The number of nitrogens with zero attached hydrogens (tertiary/aromatic N) is 1. The lowest BCUT2D eigenvalue weighted by molar-refractivity contribution is -0.122. The molecule has 2 heterocycles.